The molecule has 0 spiro atoms. The number of fused-ring (bicyclic) bond motifs is 1. The largest absolute Gasteiger partial charge is 0.464 e. The first kappa shape index (κ1) is 27.2. The summed E-state index contributed by atoms with van der Waals surface area (Å²) in [5, 5.41) is 10.3. The molecule has 2 atom stereocenters. The van der Waals surface area contributed by atoms with Gasteiger partial charge in [-0.3, -0.25) is 19.4 Å². The van der Waals surface area contributed by atoms with E-state index in [1.54, 1.807) is 32.3 Å². The van der Waals surface area contributed by atoms with Crippen LogP contribution in [0.15, 0.2) is 11.1 Å². The molecule has 0 aliphatic carbocycles. The van der Waals surface area contributed by atoms with Gasteiger partial charge in [0.05, 0.1) is 18.3 Å². The molecule has 0 amide bonds. The number of H-pyrrole nitrogens is 1. The Morgan fingerprint density at radius 1 is 1.12 bits per heavy atom. The Balaban J connectivity index is 2.25. The number of hydrogen-bond donors (Lipinski definition) is 5. The van der Waals surface area contributed by atoms with Gasteiger partial charge in [-0.25, -0.2) is 4.98 Å². The number of carbonyl (C=O) groups excluding carboxylic acids is 2. The van der Waals surface area contributed by atoms with Gasteiger partial charge in [-0.1, -0.05) is 27.7 Å². The van der Waals surface area contributed by atoms with Crippen molar-refractivity contribution in [3.8, 4) is 0 Å². The summed E-state index contributed by atoms with van der Waals surface area (Å²) in [5.74, 6) is -1.63. The van der Waals surface area contributed by atoms with Crippen LogP contribution in [0.25, 0.3) is 11.2 Å². The van der Waals surface area contributed by atoms with Gasteiger partial charge in [-0.15, -0.1) is 0 Å². The molecular formula is C21H35N7O6. The van der Waals surface area contributed by atoms with Crippen molar-refractivity contribution in [2.24, 2.45) is 28.7 Å². The number of esters is 2. The van der Waals surface area contributed by atoms with Crippen molar-refractivity contribution in [1.29, 1.82) is 0 Å². The van der Waals surface area contributed by atoms with E-state index in [2.05, 4.69) is 15.0 Å². The number of aliphatic hydroxyl groups is 1. The van der Waals surface area contributed by atoms with E-state index in [0.29, 0.717) is 0 Å². The van der Waals surface area contributed by atoms with E-state index in [9.17, 15) is 19.5 Å². The molecule has 2 aromatic rings. The van der Waals surface area contributed by atoms with Gasteiger partial charge < -0.3 is 36.3 Å². The number of nitrogen functional groups attached to an aromatic ring is 1. The van der Waals surface area contributed by atoms with Crippen molar-refractivity contribution in [1.82, 2.24) is 19.5 Å². The molecular weight excluding hydrogens is 446 g/mol. The topological polar surface area (TPSA) is 214 Å². The molecule has 13 heteroatoms. The lowest BCUT2D eigenvalue weighted by Gasteiger charge is -2.32. The van der Waals surface area contributed by atoms with E-state index in [-0.39, 0.29) is 55.1 Å². The summed E-state index contributed by atoms with van der Waals surface area (Å²) in [4.78, 5) is 47.2. The lowest BCUT2D eigenvalue weighted by molar-refractivity contribution is -0.159. The zero-order chi connectivity index (χ0) is 25.6. The van der Waals surface area contributed by atoms with Crippen LogP contribution in [0.1, 0.15) is 34.1 Å². The summed E-state index contributed by atoms with van der Waals surface area (Å²) in [6.45, 7) is 6.36. The Labute approximate surface area is 197 Å². The second-order valence-corrected chi connectivity index (χ2v) is 9.22. The van der Waals surface area contributed by atoms with Crippen LogP contribution >= 0.6 is 0 Å². The number of nitrogens with zero attached hydrogens (tertiary/aromatic N) is 3. The van der Waals surface area contributed by atoms with Crippen LogP contribution in [0.4, 0.5) is 5.95 Å². The van der Waals surface area contributed by atoms with Crippen molar-refractivity contribution in [2.75, 3.05) is 25.6 Å². The molecule has 0 saturated heterocycles. The van der Waals surface area contributed by atoms with Crippen molar-refractivity contribution >= 4 is 29.1 Å². The first-order valence-corrected chi connectivity index (χ1v) is 11.1. The van der Waals surface area contributed by atoms with E-state index in [4.69, 9.17) is 26.7 Å². The molecule has 2 unspecified atom stereocenters. The van der Waals surface area contributed by atoms with Crippen LogP contribution in [0, 0.1) is 17.3 Å². The number of nitrogens with one attached hydrogen (secondary N) is 1. The highest BCUT2D eigenvalue weighted by molar-refractivity contribution is 5.76. The highest BCUT2D eigenvalue weighted by atomic mass is 16.6. The zero-order valence-corrected chi connectivity index (χ0v) is 20.0. The molecule has 0 saturated carbocycles. The predicted octanol–water partition coefficient (Wildman–Crippen LogP) is -0.876. The minimum atomic E-state index is -1.16. The number of aromatic nitrogens is 4. The van der Waals surface area contributed by atoms with E-state index in [0.717, 1.165) is 0 Å². The summed E-state index contributed by atoms with van der Waals surface area (Å²) in [6, 6.07) is -1.69. The van der Waals surface area contributed by atoms with Crippen LogP contribution in [-0.4, -0.2) is 68.5 Å². The van der Waals surface area contributed by atoms with Gasteiger partial charge in [0.25, 0.3) is 5.56 Å². The lowest BCUT2D eigenvalue weighted by Crippen LogP contribution is -2.44. The van der Waals surface area contributed by atoms with Gasteiger partial charge >= 0.3 is 11.9 Å². The van der Waals surface area contributed by atoms with Crippen molar-refractivity contribution in [2.45, 2.75) is 52.7 Å². The van der Waals surface area contributed by atoms with Crippen LogP contribution in [0.2, 0.25) is 0 Å². The Bertz CT molecular complexity index is 1020. The van der Waals surface area contributed by atoms with Crippen LogP contribution < -0.4 is 22.8 Å². The normalized spacial score (nSPS) is 15.3. The van der Waals surface area contributed by atoms with Crippen LogP contribution in [-0.2, 0) is 25.6 Å². The fraction of sp³-hybridized carbons (Fsp3) is 0.667. The molecule has 0 aromatic carbocycles. The molecule has 0 bridgehead atoms. The molecule has 2 aromatic heterocycles. The van der Waals surface area contributed by atoms with Gasteiger partial charge in [0, 0.05) is 6.54 Å². The molecule has 2 heterocycles. The number of anilines is 1. The van der Waals surface area contributed by atoms with E-state index in [1.807, 2.05) is 0 Å². The Hall–Kier alpha value is -3.03. The van der Waals surface area contributed by atoms with Crippen LogP contribution in [0.3, 0.4) is 0 Å². The zero-order valence-electron chi connectivity index (χ0n) is 20.0. The molecule has 190 valence electrons. The first-order valence-electron chi connectivity index (χ1n) is 11.1. The van der Waals surface area contributed by atoms with Crippen LogP contribution in [0.5, 0.6) is 0 Å². The maximum absolute atomic E-state index is 12.3. The maximum atomic E-state index is 12.3. The molecule has 8 N–H and O–H groups in total. The number of aromatic amines is 1. The fourth-order valence-electron chi connectivity index (χ4n) is 3.03. The molecule has 34 heavy (non-hydrogen) atoms. The molecule has 0 aliphatic heterocycles. The summed E-state index contributed by atoms with van der Waals surface area (Å²) in [5.41, 5.74) is 16.1. The number of aryl methyl sites for hydroxylation is 1. The second-order valence-electron chi connectivity index (χ2n) is 9.22. The highest BCUT2D eigenvalue weighted by Gasteiger charge is 2.35. The Morgan fingerprint density at radius 3 is 2.12 bits per heavy atom. The van der Waals surface area contributed by atoms with E-state index >= 15 is 0 Å². The minimum absolute atomic E-state index is 0.0686. The average Bonchev–Trinajstić information content (AvgIpc) is 3.20. The number of aliphatic hydroxyl groups excluding tert-OH is 1. The standard InChI is InChI=1S/C21H35N7O6/c1-11(2)13(22)18(31)33-8-21(7-29,9-34-19(32)14(23)12(3)4)5-6-28-10-25-15-16(28)26-20(24)27-17(15)30/h10-14,29H,5-9,22-23H2,1-4H3,(H3,24,26,27,30). The third kappa shape index (κ3) is 6.52. The molecule has 2 rings (SSSR count). The molecule has 13 nitrogen and oxygen atoms in total. The quantitative estimate of drug-likeness (QED) is 0.235. The molecule has 0 radical (unpaired) electrons. The Morgan fingerprint density at radius 2 is 1.65 bits per heavy atom. The number of nitrogens with two attached hydrogens (primary N) is 3. The highest BCUT2D eigenvalue weighted by Crippen LogP contribution is 2.26. The fourth-order valence-corrected chi connectivity index (χ4v) is 3.03. The average molecular weight is 482 g/mol. The van der Waals surface area contributed by atoms with Crippen molar-refractivity contribution in [3.63, 3.8) is 0 Å². The SMILES string of the molecule is CC(C)C(N)C(=O)OCC(CO)(CCn1cnc2c(=O)[nH]c(N)nc21)COC(=O)C(N)C(C)C. The maximum Gasteiger partial charge on any atom is 0.323 e. The van der Waals surface area contributed by atoms with Gasteiger partial charge in [-0.05, 0) is 18.3 Å². The van der Waals surface area contributed by atoms with Gasteiger partial charge in [0.1, 0.15) is 25.3 Å². The molecule has 0 fully saturated rings. The number of ether oxygens (including phenoxy) is 2. The van der Waals surface area contributed by atoms with Crippen molar-refractivity contribution in [3.05, 3.63) is 16.7 Å². The van der Waals surface area contributed by atoms with Crippen molar-refractivity contribution < 1.29 is 24.2 Å². The third-order valence-corrected chi connectivity index (χ3v) is 5.73. The predicted molar refractivity (Wildman–Crippen MR) is 124 cm³/mol. The summed E-state index contributed by atoms with van der Waals surface area (Å²) in [7, 11) is 0. The van der Waals surface area contributed by atoms with Gasteiger partial charge in [0.15, 0.2) is 11.2 Å². The molecule has 0 aliphatic rings. The van der Waals surface area contributed by atoms with Gasteiger partial charge in [0.2, 0.25) is 5.95 Å². The number of carbonyl (C=O) groups is 2. The minimum Gasteiger partial charge on any atom is -0.464 e. The van der Waals surface area contributed by atoms with Gasteiger partial charge in [-0.2, -0.15) is 4.98 Å². The smallest absolute Gasteiger partial charge is 0.323 e. The summed E-state index contributed by atoms with van der Waals surface area (Å²) in [6.07, 6.45) is 1.59. The lowest BCUT2D eigenvalue weighted by atomic mass is 9.86. The third-order valence-electron chi connectivity index (χ3n) is 5.73. The van der Waals surface area contributed by atoms with E-state index < -0.39 is 41.6 Å². The second kappa shape index (κ2) is 11.4. The first-order chi connectivity index (χ1) is 15.9. The van der Waals surface area contributed by atoms with E-state index in [1.165, 1.54) is 6.33 Å². The number of hydrogen-bond acceptors (Lipinski definition) is 11. The Kier molecular flexibility index (Phi) is 9.13. The monoisotopic (exact) mass is 481 g/mol. The number of imidazole rings is 1. The summed E-state index contributed by atoms with van der Waals surface area (Å²) >= 11 is 0. The summed E-state index contributed by atoms with van der Waals surface area (Å²) < 4.78 is 12.4. The number of rotatable bonds is 12.